The molecule has 0 spiro atoms. The molecule has 0 aliphatic heterocycles. The maximum atomic E-state index is 11.6. The summed E-state index contributed by atoms with van der Waals surface area (Å²) in [6.45, 7) is 1.95. The van der Waals surface area contributed by atoms with Gasteiger partial charge in [0.25, 0.3) is 5.91 Å². The van der Waals surface area contributed by atoms with Gasteiger partial charge in [-0.05, 0) is 18.6 Å². The Labute approximate surface area is 98.8 Å². The van der Waals surface area contributed by atoms with Gasteiger partial charge in [-0.3, -0.25) is 4.79 Å². The highest BCUT2D eigenvalue weighted by Gasteiger charge is 2.16. The summed E-state index contributed by atoms with van der Waals surface area (Å²) < 4.78 is 4.85. The minimum atomic E-state index is -1.22. The maximum Gasteiger partial charge on any atom is 0.371 e. The van der Waals surface area contributed by atoms with Gasteiger partial charge in [0, 0.05) is 0 Å². The van der Waals surface area contributed by atoms with Crippen LogP contribution in [0.25, 0.3) is 0 Å². The predicted octanol–water partition coefficient (Wildman–Crippen LogP) is 1.51. The molecule has 1 heterocycles. The first-order valence-electron chi connectivity index (χ1n) is 5.18. The average molecular weight is 235 g/mol. The molecule has 1 amide bonds. The van der Waals surface area contributed by atoms with Gasteiger partial charge in [0.05, 0.1) is 6.04 Å². The minimum absolute atomic E-state index is 0.0567. The third-order valence-corrected chi connectivity index (χ3v) is 2.12. The molecule has 0 bridgehead atoms. The Morgan fingerprint density at radius 2 is 2.18 bits per heavy atom. The number of carbonyl (C=O) groups excluding carboxylic acids is 1. The highest BCUT2D eigenvalue weighted by molar-refractivity contribution is 5.93. The number of carboxylic acids is 1. The Bertz CT molecular complexity index is 455. The highest BCUT2D eigenvalue weighted by atomic mass is 16.4. The van der Waals surface area contributed by atoms with E-state index >= 15 is 0 Å². The van der Waals surface area contributed by atoms with Crippen LogP contribution in [0.1, 0.15) is 40.9 Å². The normalized spacial score (nSPS) is 11.5. The van der Waals surface area contributed by atoms with Crippen LogP contribution in [0.3, 0.4) is 0 Å². The molecule has 1 aromatic heterocycles. The van der Waals surface area contributed by atoms with Crippen molar-refractivity contribution >= 4 is 11.9 Å². The van der Waals surface area contributed by atoms with Crippen LogP contribution in [0, 0.1) is 12.3 Å². The van der Waals surface area contributed by atoms with Crippen molar-refractivity contribution < 1.29 is 19.1 Å². The molecule has 90 valence electrons. The van der Waals surface area contributed by atoms with E-state index in [0.29, 0.717) is 6.42 Å². The van der Waals surface area contributed by atoms with Crippen molar-refractivity contribution in [3.05, 3.63) is 23.7 Å². The minimum Gasteiger partial charge on any atom is -0.475 e. The van der Waals surface area contributed by atoms with Crippen molar-refractivity contribution in [1.82, 2.24) is 5.32 Å². The van der Waals surface area contributed by atoms with E-state index in [4.69, 9.17) is 15.9 Å². The first-order valence-corrected chi connectivity index (χ1v) is 5.18. The highest BCUT2D eigenvalue weighted by Crippen LogP contribution is 2.08. The molecule has 1 rings (SSSR count). The third kappa shape index (κ3) is 3.38. The van der Waals surface area contributed by atoms with E-state index in [0.717, 1.165) is 6.42 Å². The molecule has 1 unspecified atom stereocenters. The number of carboxylic acid groups (broad SMARTS) is 1. The second-order valence-electron chi connectivity index (χ2n) is 3.45. The Morgan fingerprint density at radius 3 is 2.65 bits per heavy atom. The standard InChI is InChI=1S/C12H13NO4/c1-3-5-8(4-2)13-11(14)9-6-7-10(17-9)12(15)16/h2,6-8H,3,5H2,1H3,(H,13,14)(H,15,16). The molecular weight excluding hydrogens is 222 g/mol. The van der Waals surface area contributed by atoms with Crippen molar-refractivity contribution in [2.75, 3.05) is 0 Å². The summed E-state index contributed by atoms with van der Waals surface area (Å²) in [6, 6.07) is 2.16. The van der Waals surface area contributed by atoms with Crippen molar-refractivity contribution in [2.45, 2.75) is 25.8 Å². The molecule has 0 saturated carbocycles. The maximum absolute atomic E-state index is 11.6. The quantitative estimate of drug-likeness (QED) is 0.758. The van der Waals surface area contributed by atoms with Gasteiger partial charge in [0.15, 0.2) is 5.76 Å². The summed E-state index contributed by atoms with van der Waals surface area (Å²) in [5, 5.41) is 11.2. The van der Waals surface area contributed by atoms with Crippen LogP contribution in [-0.2, 0) is 0 Å². The molecule has 0 fully saturated rings. The molecule has 17 heavy (non-hydrogen) atoms. The first-order chi connectivity index (χ1) is 8.08. The van der Waals surface area contributed by atoms with E-state index in [2.05, 4.69) is 11.2 Å². The molecule has 1 aromatic rings. The second-order valence-corrected chi connectivity index (χ2v) is 3.45. The van der Waals surface area contributed by atoms with Crippen LogP contribution in [0.15, 0.2) is 16.5 Å². The number of amides is 1. The summed E-state index contributed by atoms with van der Waals surface area (Å²) >= 11 is 0. The lowest BCUT2D eigenvalue weighted by molar-refractivity contribution is 0.0659. The number of terminal acetylenes is 1. The summed E-state index contributed by atoms with van der Waals surface area (Å²) in [6.07, 6.45) is 6.75. The number of nitrogens with one attached hydrogen (secondary N) is 1. The zero-order chi connectivity index (χ0) is 12.8. The van der Waals surface area contributed by atoms with Crippen LogP contribution < -0.4 is 5.32 Å². The summed E-state index contributed by atoms with van der Waals surface area (Å²) in [5.41, 5.74) is 0. The molecule has 0 aliphatic carbocycles. The Hall–Kier alpha value is -2.22. The van der Waals surface area contributed by atoms with E-state index in [1.165, 1.54) is 12.1 Å². The van der Waals surface area contributed by atoms with Gasteiger partial charge in [0.1, 0.15) is 0 Å². The van der Waals surface area contributed by atoms with Gasteiger partial charge in [-0.25, -0.2) is 4.79 Å². The smallest absolute Gasteiger partial charge is 0.371 e. The molecule has 5 nitrogen and oxygen atoms in total. The number of furan rings is 1. The fraction of sp³-hybridized carbons (Fsp3) is 0.333. The molecule has 0 radical (unpaired) electrons. The van der Waals surface area contributed by atoms with Gasteiger partial charge in [-0.15, -0.1) is 6.42 Å². The van der Waals surface area contributed by atoms with E-state index in [9.17, 15) is 9.59 Å². The SMILES string of the molecule is C#CC(CCC)NC(=O)c1ccc(C(=O)O)o1. The summed E-state index contributed by atoms with van der Waals surface area (Å²) in [4.78, 5) is 22.2. The monoisotopic (exact) mass is 235 g/mol. The van der Waals surface area contributed by atoms with Gasteiger partial charge in [0.2, 0.25) is 5.76 Å². The first kappa shape index (κ1) is 12.8. The predicted molar refractivity (Wildman–Crippen MR) is 60.7 cm³/mol. The Kier molecular flexibility index (Phi) is 4.35. The lowest BCUT2D eigenvalue weighted by Crippen LogP contribution is -2.33. The fourth-order valence-corrected chi connectivity index (χ4v) is 1.29. The van der Waals surface area contributed by atoms with Crippen LogP contribution in [0.5, 0.6) is 0 Å². The summed E-state index contributed by atoms with van der Waals surface area (Å²) in [5.74, 6) is 0.389. The number of hydrogen-bond acceptors (Lipinski definition) is 3. The molecule has 0 saturated heterocycles. The van der Waals surface area contributed by atoms with E-state index in [1.807, 2.05) is 6.92 Å². The number of rotatable bonds is 5. The molecular formula is C12H13NO4. The molecule has 5 heteroatoms. The largest absolute Gasteiger partial charge is 0.475 e. The number of hydrogen-bond donors (Lipinski definition) is 2. The number of aromatic carboxylic acids is 1. The van der Waals surface area contributed by atoms with Gasteiger partial charge >= 0.3 is 5.97 Å². The molecule has 0 aromatic carbocycles. The molecule has 2 N–H and O–H groups in total. The van der Waals surface area contributed by atoms with Gasteiger partial charge < -0.3 is 14.8 Å². The average Bonchev–Trinajstić information content (AvgIpc) is 2.77. The van der Waals surface area contributed by atoms with Crippen molar-refractivity contribution in [3.8, 4) is 12.3 Å². The Morgan fingerprint density at radius 1 is 1.53 bits per heavy atom. The van der Waals surface area contributed by atoms with E-state index < -0.39 is 11.9 Å². The van der Waals surface area contributed by atoms with Crippen LogP contribution >= 0.6 is 0 Å². The van der Waals surface area contributed by atoms with Crippen molar-refractivity contribution in [3.63, 3.8) is 0 Å². The zero-order valence-electron chi connectivity index (χ0n) is 9.40. The van der Waals surface area contributed by atoms with Crippen LogP contribution in [0.2, 0.25) is 0 Å². The lowest BCUT2D eigenvalue weighted by Gasteiger charge is -2.10. The van der Waals surface area contributed by atoms with E-state index in [1.54, 1.807) is 0 Å². The molecule has 1 atom stereocenters. The van der Waals surface area contributed by atoms with Crippen molar-refractivity contribution in [2.24, 2.45) is 0 Å². The zero-order valence-corrected chi connectivity index (χ0v) is 9.40. The Balaban J connectivity index is 2.69. The van der Waals surface area contributed by atoms with Gasteiger partial charge in [-0.1, -0.05) is 19.3 Å². The third-order valence-electron chi connectivity index (χ3n) is 2.12. The molecule has 0 aliphatic rings. The second kappa shape index (κ2) is 5.75. The van der Waals surface area contributed by atoms with Gasteiger partial charge in [-0.2, -0.15) is 0 Å². The topological polar surface area (TPSA) is 79.5 Å². The van der Waals surface area contributed by atoms with E-state index in [-0.39, 0.29) is 17.6 Å². The van der Waals surface area contributed by atoms with Crippen LogP contribution in [0.4, 0.5) is 0 Å². The lowest BCUT2D eigenvalue weighted by atomic mass is 10.2. The number of carbonyl (C=O) groups is 2. The van der Waals surface area contributed by atoms with Crippen LogP contribution in [-0.4, -0.2) is 23.0 Å². The summed E-state index contributed by atoms with van der Waals surface area (Å²) in [7, 11) is 0. The fourth-order valence-electron chi connectivity index (χ4n) is 1.29. The van der Waals surface area contributed by atoms with Crippen molar-refractivity contribution in [1.29, 1.82) is 0 Å².